The fourth-order valence-electron chi connectivity index (χ4n) is 2.22. The van der Waals surface area contributed by atoms with Crippen molar-refractivity contribution in [1.29, 1.82) is 0 Å². The smallest absolute Gasteiger partial charge is 0.238 e. The maximum absolute atomic E-state index is 12.2. The minimum absolute atomic E-state index is 0.0272. The number of benzene rings is 2. The number of anilines is 1. The first-order valence-electron chi connectivity index (χ1n) is 7.89. The van der Waals surface area contributed by atoms with Crippen molar-refractivity contribution < 1.29 is 4.79 Å². The van der Waals surface area contributed by atoms with Crippen LogP contribution in [0.4, 0.5) is 5.69 Å². The molecule has 2 aromatic carbocycles. The number of carbonyl (C=O) groups is 1. The van der Waals surface area contributed by atoms with Crippen LogP contribution in [0.25, 0.3) is 0 Å². The number of thioether (sulfide) groups is 2. The maximum Gasteiger partial charge on any atom is 0.238 e. The molecule has 0 unspecified atom stereocenters. The number of rotatable bonds is 8. The molecule has 0 aliphatic carbocycles. The van der Waals surface area contributed by atoms with Crippen LogP contribution in [-0.4, -0.2) is 43.0 Å². The fraction of sp³-hybridized carbons (Fsp3) is 0.316. The van der Waals surface area contributed by atoms with Gasteiger partial charge in [0.1, 0.15) is 0 Å². The highest BCUT2D eigenvalue weighted by molar-refractivity contribution is 7.99. The SMILES string of the molecule is CSc1ccccc1NC(=O)CN(C)CCSc1ccc(C)cc1. The average Bonchev–Trinajstić information content (AvgIpc) is 2.57. The molecule has 0 saturated carbocycles. The Labute approximate surface area is 153 Å². The van der Waals surface area contributed by atoms with Crippen molar-refractivity contribution in [3.05, 3.63) is 54.1 Å². The molecule has 1 amide bonds. The van der Waals surface area contributed by atoms with Gasteiger partial charge in [-0.25, -0.2) is 0 Å². The number of likely N-dealkylation sites (N-methyl/N-ethyl adjacent to an activating group) is 1. The van der Waals surface area contributed by atoms with Gasteiger partial charge in [-0.2, -0.15) is 0 Å². The van der Waals surface area contributed by atoms with E-state index < -0.39 is 0 Å². The second-order valence-corrected chi connectivity index (χ2v) is 7.66. The van der Waals surface area contributed by atoms with Gasteiger partial charge < -0.3 is 5.32 Å². The van der Waals surface area contributed by atoms with Gasteiger partial charge in [-0.15, -0.1) is 23.5 Å². The quantitative estimate of drug-likeness (QED) is 0.708. The highest BCUT2D eigenvalue weighted by atomic mass is 32.2. The molecule has 0 saturated heterocycles. The summed E-state index contributed by atoms with van der Waals surface area (Å²) in [5, 5.41) is 3.00. The number of nitrogens with zero attached hydrogens (tertiary/aromatic N) is 1. The van der Waals surface area contributed by atoms with Gasteiger partial charge in [0, 0.05) is 22.1 Å². The summed E-state index contributed by atoms with van der Waals surface area (Å²) < 4.78 is 0. The molecule has 2 rings (SSSR count). The molecule has 2 aromatic rings. The maximum atomic E-state index is 12.2. The summed E-state index contributed by atoms with van der Waals surface area (Å²) in [5.41, 5.74) is 2.16. The highest BCUT2D eigenvalue weighted by Crippen LogP contribution is 2.24. The Morgan fingerprint density at radius 2 is 1.83 bits per heavy atom. The van der Waals surface area contributed by atoms with Crippen LogP contribution >= 0.6 is 23.5 Å². The van der Waals surface area contributed by atoms with Crippen molar-refractivity contribution in [2.75, 3.05) is 37.5 Å². The summed E-state index contributed by atoms with van der Waals surface area (Å²) in [6.07, 6.45) is 2.01. The second kappa shape index (κ2) is 9.77. The Kier molecular flexibility index (Phi) is 7.69. The standard InChI is InChI=1S/C19H24N2OS2/c1-15-8-10-16(11-9-15)24-13-12-21(2)14-19(22)20-17-6-4-5-7-18(17)23-3/h4-11H,12-14H2,1-3H3,(H,20,22). The Morgan fingerprint density at radius 1 is 1.12 bits per heavy atom. The monoisotopic (exact) mass is 360 g/mol. The summed E-state index contributed by atoms with van der Waals surface area (Å²) in [6.45, 7) is 3.36. The number of aryl methyl sites for hydroxylation is 1. The molecular formula is C19H24N2OS2. The van der Waals surface area contributed by atoms with Gasteiger partial charge in [0.05, 0.1) is 12.2 Å². The normalized spacial score (nSPS) is 10.8. The van der Waals surface area contributed by atoms with Crippen LogP contribution in [0.3, 0.4) is 0 Å². The van der Waals surface area contributed by atoms with E-state index in [1.165, 1.54) is 10.5 Å². The molecule has 0 aliphatic heterocycles. The summed E-state index contributed by atoms with van der Waals surface area (Å²) in [4.78, 5) is 16.6. The third-order valence-electron chi connectivity index (χ3n) is 3.56. The minimum atomic E-state index is 0.0272. The zero-order valence-corrected chi connectivity index (χ0v) is 16.0. The molecule has 0 heterocycles. The summed E-state index contributed by atoms with van der Waals surface area (Å²) in [6, 6.07) is 16.4. The molecule has 0 aromatic heterocycles. The molecule has 3 nitrogen and oxygen atoms in total. The Bertz CT molecular complexity index is 659. The molecule has 0 aliphatic rings. The van der Waals surface area contributed by atoms with Crippen LogP contribution in [-0.2, 0) is 4.79 Å². The van der Waals surface area contributed by atoms with Crippen molar-refractivity contribution in [1.82, 2.24) is 4.90 Å². The second-order valence-electron chi connectivity index (χ2n) is 5.65. The van der Waals surface area contributed by atoms with Gasteiger partial charge in [0.25, 0.3) is 0 Å². The fourth-order valence-corrected chi connectivity index (χ4v) is 3.74. The van der Waals surface area contributed by atoms with Crippen molar-refractivity contribution in [3.8, 4) is 0 Å². The molecule has 0 spiro atoms. The lowest BCUT2D eigenvalue weighted by molar-refractivity contribution is -0.117. The van der Waals surface area contributed by atoms with Crippen LogP contribution in [0.2, 0.25) is 0 Å². The van der Waals surface area contributed by atoms with Gasteiger partial charge in [-0.05, 0) is 44.5 Å². The predicted octanol–water partition coefficient (Wildman–Crippen LogP) is 4.38. The topological polar surface area (TPSA) is 32.3 Å². The van der Waals surface area contributed by atoms with E-state index in [-0.39, 0.29) is 5.91 Å². The van der Waals surface area contributed by atoms with Gasteiger partial charge in [-0.3, -0.25) is 9.69 Å². The molecular weight excluding hydrogens is 336 g/mol. The molecule has 0 radical (unpaired) electrons. The molecule has 0 bridgehead atoms. The first-order chi connectivity index (χ1) is 11.6. The number of amides is 1. The van der Waals surface area contributed by atoms with Crippen LogP contribution in [0.5, 0.6) is 0 Å². The van der Waals surface area contributed by atoms with Crippen molar-refractivity contribution in [2.45, 2.75) is 16.7 Å². The van der Waals surface area contributed by atoms with Crippen molar-refractivity contribution in [2.24, 2.45) is 0 Å². The zero-order chi connectivity index (χ0) is 17.4. The number of hydrogen-bond acceptors (Lipinski definition) is 4. The van der Waals surface area contributed by atoms with E-state index in [1.54, 1.807) is 11.8 Å². The number of carbonyl (C=O) groups excluding carboxylic acids is 1. The van der Waals surface area contributed by atoms with Crippen LogP contribution in [0.15, 0.2) is 58.3 Å². The van der Waals surface area contributed by atoms with Crippen molar-refractivity contribution in [3.63, 3.8) is 0 Å². The van der Waals surface area contributed by atoms with Gasteiger partial charge in [0.15, 0.2) is 0 Å². The zero-order valence-electron chi connectivity index (χ0n) is 14.4. The Morgan fingerprint density at radius 3 is 2.54 bits per heavy atom. The Balaban J connectivity index is 1.74. The van der Waals surface area contributed by atoms with Gasteiger partial charge in [-0.1, -0.05) is 29.8 Å². The van der Waals surface area contributed by atoms with Crippen LogP contribution in [0.1, 0.15) is 5.56 Å². The lowest BCUT2D eigenvalue weighted by Crippen LogP contribution is -2.31. The predicted molar refractivity (Wildman–Crippen MR) is 106 cm³/mol. The minimum Gasteiger partial charge on any atom is -0.324 e. The van der Waals surface area contributed by atoms with E-state index in [1.807, 2.05) is 49.3 Å². The van der Waals surface area contributed by atoms with Crippen LogP contribution in [0, 0.1) is 6.92 Å². The summed E-state index contributed by atoms with van der Waals surface area (Å²) in [5.74, 6) is 0.994. The number of hydrogen-bond donors (Lipinski definition) is 1. The van der Waals surface area contributed by atoms with E-state index in [0.717, 1.165) is 22.9 Å². The largest absolute Gasteiger partial charge is 0.324 e. The van der Waals surface area contributed by atoms with Gasteiger partial charge in [0.2, 0.25) is 5.91 Å². The van der Waals surface area contributed by atoms with E-state index in [4.69, 9.17) is 0 Å². The third kappa shape index (κ3) is 6.23. The Hall–Kier alpha value is -1.43. The number of para-hydroxylation sites is 1. The average molecular weight is 361 g/mol. The molecule has 128 valence electrons. The first-order valence-corrected chi connectivity index (χ1v) is 10.1. The van der Waals surface area contributed by atoms with E-state index in [0.29, 0.717) is 6.54 Å². The van der Waals surface area contributed by atoms with E-state index in [9.17, 15) is 4.79 Å². The van der Waals surface area contributed by atoms with Gasteiger partial charge >= 0.3 is 0 Å². The highest BCUT2D eigenvalue weighted by Gasteiger charge is 2.09. The number of nitrogens with one attached hydrogen (secondary N) is 1. The van der Waals surface area contributed by atoms with Crippen molar-refractivity contribution >= 4 is 35.1 Å². The van der Waals surface area contributed by atoms with Crippen LogP contribution < -0.4 is 5.32 Å². The first kappa shape index (κ1) is 18.9. The molecule has 0 fully saturated rings. The lowest BCUT2D eigenvalue weighted by Gasteiger charge is -2.16. The molecule has 24 heavy (non-hydrogen) atoms. The molecule has 0 atom stereocenters. The third-order valence-corrected chi connectivity index (χ3v) is 5.35. The lowest BCUT2D eigenvalue weighted by atomic mass is 10.2. The van der Waals surface area contributed by atoms with E-state index >= 15 is 0 Å². The molecule has 5 heteroatoms. The van der Waals surface area contributed by atoms with E-state index in [2.05, 4.69) is 41.4 Å². The summed E-state index contributed by atoms with van der Waals surface area (Å²) >= 11 is 3.45. The summed E-state index contributed by atoms with van der Waals surface area (Å²) in [7, 11) is 1.98. The molecule has 1 N–H and O–H groups in total.